The maximum atomic E-state index is 13.5. The fraction of sp³-hybridized carbons (Fsp3) is 0.700. The van der Waals surface area contributed by atoms with Crippen LogP contribution in [-0.4, -0.2) is 90.0 Å². The summed E-state index contributed by atoms with van der Waals surface area (Å²) in [4.78, 5) is 42.5. The van der Waals surface area contributed by atoms with Crippen LogP contribution in [0.5, 0.6) is 0 Å². The number of fused-ring (bicyclic) bond motifs is 1. The van der Waals surface area contributed by atoms with Crippen molar-refractivity contribution in [3.63, 3.8) is 0 Å². The highest BCUT2D eigenvalue weighted by Crippen LogP contribution is 2.58. The molecule has 0 saturated carbocycles. The minimum absolute atomic E-state index is 0.0538. The lowest BCUT2D eigenvalue weighted by Crippen LogP contribution is -2.54. The van der Waals surface area contributed by atoms with E-state index < -0.39 is 5.41 Å². The number of aromatic nitrogens is 2. The molecule has 0 aromatic carbocycles. The van der Waals surface area contributed by atoms with Crippen molar-refractivity contribution in [3.05, 3.63) is 18.5 Å². The zero-order chi connectivity index (χ0) is 19.9. The first-order valence-electron chi connectivity index (χ1n) is 10.2. The largest absolute Gasteiger partial charge is 0.342 e. The molecule has 0 N–H and O–H groups in total. The quantitative estimate of drug-likeness (QED) is 0.766. The van der Waals surface area contributed by atoms with E-state index in [2.05, 4.69) is 21.8 Å². The molecule has 8 nitrogen and oxygen atoms in total. The Bertz CT molecular complexity index is 746. The van der Waals surface area contributed by atoms with Crippen LogP contribution in [0.3, 0.4) is 0 Å². The fourth-order valence-corrected chi connectivity index (χ4v) is 5.48. The number of rotatable bonds is 2. The first-order valence-corrected chi connectivity index (χ1v) is 10.2. The van der Waals surface area contributed by atoms with E-state index in [9.17, 15) is 9.59 Å². The van der Waals surface area contributed by atoms with Gasteiger partial charge >= 0.3 is 6.03 Å². The SMILES string of the molecule is CCN1CC[C@@]2(CN(c3ncccn3)CC23CCN(C(=O)N(C)C)CC3)C1=O. The summed E-state index contributed by atoms with van der Waals surface area (Å²) in [7, 11) is 3.58. The van der Waals surface area contributed by atoms with Gasteiger partial charge in [-0.3, -0.25) is 4.79 Å². The van der Waals surface area contributed by atoms with E-state index in [-0.39, 0.29) is 17.4 Å². The van der Waals surface area contributed by atoms with E-state index in [1.165, 1.54) is 0 Å². The van der Waals surface area contributed by atoms with Crippen LogP contribution in [0.15, 0.2) is 18.5 Å². The highest BCUT2D eigenvalue weighted by Gasteiger charge is 2.65. The molecule has 0 aliphatic carbocycles. The Morgan fingerprint density at radius 2 is 1.79 bits per heavy atom. The Labute approximate surface area is 166 Å². The molecule has 3 aliphatic rings. The van der Waals surface area contributed by atoms with E-state index in [1.54, 1.807) is 31.4 Å². The number of carbonyl (C=O) groups is 2. The van der Waals surface area contributed by atoms with Gasteiger partial charge in [-0.2, -0.15) is 0 Å². The smallest absolute Gasteiger partial charge is 0.319 e. The summed E-state index contributed by atoms with van der Waals surface area (Å²) in [5, 5.41) is 0. The summed E-state index contributed by atoms with van der Waals surface area (Å²) in [6, 6.07) is 1.87. The Hall–Kier alpha value is -2.38. The molecule has 8 heteroatoms. The van der Waals surface area contributed by atoms with E-state index in [4.69, 9.17) is 0 Å². The van der Waals surface area contributed by atoms with Crippen LogP contribution in [0, 0.1) is 10.8 Å². The molecule has 0 unspecified atom stereocenters. The van der Waals surface area contributed by atoms with Crippen LogP contribution < -0.4 is 4.90 Å². The first-order chi connectivity index (χ1) is 13.4. The fourth-order valence-electron chi connectivity index (χ4n) is 5.48. The van der Waals surface area contributed by atoms with Crippen molar-refractivity contribution in [1.29, 1.82) is 0 Å². The number of nitrogens with zero attached hydrogens (tertiary/aromatic N) is 6. The molecule has 4 rings (SSSR count). The van der Waals surface area contributed by atoms with Crippen LogP contribution in [0.25, 0.3) is 0 Å². The number of carbonyl (C=O) groups excluding carboxylic acids is 2. The Kier molecular flexibility index (Phi) is 4.67. The highest BCUT2D eigenvalue weighted by atomic mass is 16.2. The lowest BCUT2D eigenvalue weighted by molar-refractivity contribution is -0.141. The van der Waals surface area contributed by atoms with Gasteiger partial charge in [0.2, 0.25) is 11.9 Å². The van der Waals surface area contributed by atoms with E-state index >= 15 is 0 Å². The average molecular weight is 387 g/mol. The maximum absolute atomic E-state index is 13.5. The van der Waals surface area contributed by atoms with Crippen molar-refractivity contribution in [2.24, 2.45) is 10.8 Å². The molecule has 0 radical (unpaired) electrons. The number of urea groups is 1. The highest BCUT2D eigenvalue weighted by molar-refractivity contribution is 5.87. The number of piperidine rings is 1. The number of hydrogen-bond acceptors (Lipinski definition) is 5. The van der Waals surface area contributed by atoms with Crippen molar-refractivity contribution in [2.45, 2.75) is 26.2 Å². The lowest BCUT2D eigenvalue weighted by atomic mass is 9.60. The summed E-state index contributed by atoms with van der Waals surface area (Å²) in [6.07, 6.45) is 6.09. The van der Waals surface area contributed by atoms with Crippen molar-refractivity contribution >= 4 is 17.9 Å². The summed E-state index contributed by atoms with van der Waals surface area (Å²) in [6.45, 7) is 6.47. The third kappa shape index (κ3) is 2.72. The van der Waals surface area contributed by atoms with Crippen molar-refractivity contribution in [2.75, 3.05) is 58.3 Å². The Morgan fingerprint density at radius 3 is 2.36 bits per heavy atom. The lowest BCUT2D eigenvalue weighted by Gasteiger charge is -2.47. The molecule has 28 heavy (non-hydrogen) atoms. The first kappa shape index (κ1) is 19.0. The topological polar surface area (TPSA) is 72.9 Å². The number of hydrogen-bond donors (Lipinski definition) is 0. The van der Waals surface area contributed by atoms with Crippen LogP contribution in [0.1, 0.15) is 26.2 Å². The van der Waals surface area contributed by atoms with Gasteiger partial charge in [0.05, 0.1) is 5.41 Å². The van der Waals surface area contributed by atoms with Gasteiger partial charge in [-0.1, -0.05) is 0 Å². The zero-order valence-electron chi connectivity index (χ0n) is 17.1. The molecule has 2 spiro atoms. The molecule has 1 aromatic heterocycles. The van der Waals surface area contributed by atoms with Crippen LogP contribution in [0.2, 0.25) is 0 Å². The normalized spacial score (nSPS) is 26.5. The van der Waals surface area contributed by atoms with Gasteiger partial charge in [0, 0.05) is 71.2 Å². The van der Waals surface area contributed by atoms with Crippen LogP contribution in [0.4, 0.5) is 10.7 Å². The third-order valence-corrected chi connectivity index (χ3v) is 7.06. The van der Waals surface area contributed by atoms with E-state index in [0.29, 0.717) is 25.6 Å². The summed E-state index contributed by atoms with van der Waals surface area (Å²) in [5.74, 6) is 0.981. The molecule has 152 valence electrons. The van der Waals surface area contributed by atoms with Gasteiger partial charge in [-0.25, -0.2) is 14.8 Å². The molecule has 3 fully saturated rings. The number of amides is 3. The summed E-state index contributed by atoms with van der Waals surface area (Å²) < 4.78 is 0. The predicted octanol–water partition coefficient (Wildman–Crippen LogP) is 1.30. The molecule has 3 amide bonds. The molecular formula is C20H30N6O2. The molecule has 1 atom stereocenters. The zero-order valence-corrected chi connectivity index (χ0v) is 17.1. The summed E-state index contributed by atoms with van der Waals surface area (Å²) in [5.41, 5.74) is -0.522. The van der Waals surface area contributed by atoms with Crippen molar-refractivity contribution in [1.82, 2.24) is 24.7 Å². The predicted molar refractivity (Wildman–Crippen MR) is 106 cm³/mol. The second kappa shape index (κ2) is 6.90. The number of likely N-dealkylation sites (tertiary alicyclic amines) is 2. The van der Waals surface area contributed by atoms with Gasteiger partial charge in [0.25, 0.3) is 0 Å². The van der Waals surface area contributed by atoms with Crippen molar-refractivity contribution < 1.29 is 9.59 Å². The molecule has 3 aliphatic heterocycles. The number of anilines is 1. The second-order valence-electron chi connectivity index (χ2n) is 8.57. The van der Waals surface area contributed by atoms with Gasteiger partial charge in [-0.15, -0.1) is 0 Å². The van der Waals surface area contributed by atoms with Gasteiger partial charge in [0.1, 0.15) is 0 Å². The molecule has 1 aromatic rings. The van der Waals surface area contributed by atoms with Crippen LogP contribution in [-0.2, 0) is 4.79 Å². The molecular weight excluding hydrogens is 356 g/mol. The Balaban J connectivity index is 1.64. The summed E-state index contributed by atoms with van der Waals surface area (Å²) >= 11 is 0. The molecule has 3 saturated heterocycles. The van der Waals surface area contributed by atoms with Crippen molar-refractivity contribution in [3.8, 4) is 0 Å². The minimum Gasteiger partial charge on any atom is -0.342 e. The Morgan fingerprint density at radius 1 is 1.11 bits per heavy atom. The maximum Gasteiger partial charge on any atom is 0.319 e. The average Bonchev–Trinajstić information content (AvgIpc) is 3.21. The van der Waals surface area contributed by atoms with Gasteiger partial charge < -0.3 is 19.6 Å². The van der Waals surface area contributed by atoms with Crippen LogP contribution >= 0.6 is 0 Å². The van der Waals surface area contributed by atoms with E-state index in [0.717, 1.165) is 38.9 Å². The minimum atomic E-state index is -0.393. The van der Waals surface area contributed by atoms with Gasteiger partial charge in [-0.05, 0) is 32.3 Å². The monoisotopic (exact) mass is 386 g/mol. The molecule has 4 heterocycles. The van der Waals surface area contributed by atoms with E-state index in [1.807, 2.05) is 15.9 Å². The second-order valence-corrected chi connectivity index (χ2v) is 8.57. The third-order valence-electron chi connectivity index (χ3n) is 7.06. The standard InChI is InChI=1S/C20H30N6O2/c1-4-24-13-8-20(16(24)27)15-26(17-21-9-5-10-22-17)14-19(20)6-11-25(12-7-19)18(28)23(2)3/h5,9-10H,4,6-8,11-15H2,1-3H3/t20-/m1/s1. The molecule has 0 bridgehead atoms. The van der Waals surface area contributed by atoms with Gasteiger partial charge in [0.15, 0.2) is 0 Å².